The van der Waals surface area contributed by atoms with Crippen LogP contribution in [0.1, 0.15) is 39.4 Å². The first kappa shape index (κ1) is 21.9. The van der Waals surface area contributed by atoms with Gasteiger partial charge in [0.2, 0.25) is 0 Å². The molecule has 2 amide bonds. The summed E-state index contributed by atoms with van der Waals surface area (Å²) in [5.74, 6) is -1.29. The predicted octanol–water partition coefficient (Wildman–Crippen LogP) is 3.20. The minimum atomic E-state index is -0.560. The van der Waals surface area contributed by atoms with Crippen LogP contribution in [0, 0.1) is 14.8 Å². The van der Waals surface area contributed by atoms with Gasteiger partial charge in [-0.15, -0.1) is 11.3 Å². The third-order valence-electron chi connectivity index (χ3n) is 4.36. The predicted molar refractivity (Wildman–Crippen MR) is 117 cm³/mol. The van der Waals surface area contributed by atoms with Crippen molar-refractivity contribution in [3.63, 3.8) is 0 Å². The van der Waals surface area contributed by atoms with Crippen molar-refractivity contribution in [3.8, 4) is 0 Å². The molecule has 29 heavy (non-hydrogen) atoms. The number of fused-ring (bicyclic) bond motifs is 1. The number of rotatable bonds is 6. The van der Waals surface area contributed by atoms with Crippen LogP contribution < -0.4 is 16.1 Å². The molecule has 1 aromatic heterocycles. The van der Waals surface area contributed by atoms with E-state index in [4.69, 9.17) is 9.94 Å². The lowest BCUT2D eigenvalue weighted by Crippen LogP contribution is -2.31. The highest BCUT2D eigenvalue weighted by Gasteiger charge is 2.34. The molecule has 0 aliphatic carbocycles. The van der Waals surface area contributed by atoms with E-state index >= 15 is 0 Å². The number of amides is 2. The van der Waals surface area contributed by atoms with Gasteiger partial charge in [0.05, 0.1) is 29.3 Å². The van der Waals surface area contributed by atoms with E-state index in [9.17, 15) is 14.0 Å². The second kappa shape index (κ2) is 8.94. The molecule has 1 aromatic carbocycles. The second-order valence-corrected chi connectivity index (χ2v) is 9.66. The molecule has 0 unspecified atom stereocenters. The van der Waals surface area contributed by atoms with E-state index in [1.54, 1.807) is 12.1 Å². The van der Waals surface area contributed by atoms with Gasteiger partial charge in [0.1, 0.15) is 10.8 Å². The van der Waals surface area contributed by atoms with Gasteiger partial charge >= 0.3 is 0 Å². The fourth-order valence-electron chi connectivity index (χ4n) is 3.01. The summed E-state index contributed by atoms with van der Waals surface area (Å²) < 4.78 is 15.1. The van der Waals surface area contributed by atoms with Crippen molar-refractivity contribution in [2.24, 2.45) is 5.41 Å². The smallest absolute Gasteiger partial charge is 0.278 e. The number of hydrogen-bond acceptors (Lipinski definition) is 6. The monoisotopic (exact) mass is 533 g/mol. The third kappa shape index (κ3) is 5.05. The first-order valence-corrected chi connectivity index (χ1v) is 10.8. The number of anilines is 2. The number of thiophene rings is 1. The highest BCUT2D eigenvalue weighted by molar-refractivity contribution is 14.1. The SMILES string of the molecule is CC1(C)CNC(=O)c2sc(Nc3ccc(I)cc3F)c(C(=O)NOCCO)c2C1. The van der Waals surface area contributed by atoms with Gasteiger partial charge in [-0.3, -0.25) is 14.4 Å². The normalized spacial score (nSPS) is 15.3. The molecule has 7 nitrogen and oxygen atoms in total. The number of aliphatic hydroxyl groups is 1. The summed E-state index contributed by atoms with van der Waals surface area (Å²) >= 11 is 3.11. The summed E-state index contributed by atoms with van der Waals surface area (Å²) in [5, 5.41) is 15.1. The fourth-order valence-corrected chi connectivity index (χ4v) is 4.61. The van der Waals surface area contributed by atoms with Crippen LogP contribution in [0.4, 0.5) is 15.1 Å². The maximum atomic E-state index is 14.4. The van der Waals surface area contributed by atoms with Crippen LogP contribution in [0.25, 0.3) is 0 Å². The number of carbonyl (C=O) groups excluding carboxylic acids is 2. The molecule has 3 rings (SSSR count). The average Bonchev–Trinajstić information content (AvgIpc) is 2.94. The zero-order valence-electron chi connectivity index (χ0n) is 15.9. The van der Waals surface area contributed by atoms with E-state index in [0.29, 0.717) is 28.4 Å². The number of aliphatic hydroxyl groups excluding tert-OH is 1. The first-order chi connectivity index (χ1) is 13.7. The van der Waals surface area contributed by atoms with Crippen LogP contribution in [0.5, 0.6) is 0 Å². The van der Waals surface area contributed by atoms with Gasteiger partial charge in [-0.05, 0) is 58.2 Å². The van der Waals surface area contributed by atoms with Crippen LogP contribution in [0.15, 0.2) is 18.2 Å². The molecule has 0 fully saturated rings. The molecule has 0 spiro atoms. The Bertz CT molecular complexity index is 948. The lowest BCUT2D eigenvalue weighted by molar-refractivity contribution is 0.0168. The van der Waals surface area contributed by atoms with E-state index in [1.807, 2.05) is 36.4 Å². The van der Waals surface area contributed by atoms with Gasteiger partial charge in [0.25, 0.3) is 11.8 Å². The van der Waals surface area contributed by atoms with Gasteiger partial charge < -0.3 is 15.7 Å². The molecule has 0 saturated carbocycles. The third-order valence-corrected chi connectivity index (χ3v) is 6.18. The Kier molecular flexibility index (Phi) is 6.76. The zero-order chi connectivity index (χ0) is 21.2. The molecule has 4 N–H and O–H groups in total. The van der Waals surface area contributed by atoms with Gasteiger partial charge in [-0.2, -0.15) is 0 Å². The minimum absolute atomic E-state index is 0.0709. The molecule has 10 heteroatoms. The maximum Gasteiger partial charge on any atom is 0.278 e. The van der Waals surface area contributed by atoms with Crippen molar-refractivity contribution in [3.05, 3.63) is 43.6 Å². The number of benzene rings is 1. The van der Waals surface area contributed by atoms with Crippen LogP contribution in [-0.4, -0.2) is 36.7 Å². The number of halogens is 2. The molecule has 0 atom stereocenters. The van der Waals surface area contributed by atoms with Crippen molar-refractivity contribution in [2.75, 3.05) is 25.1 Å². The molecule has 1 aliphatic rings. The molecule has 1 aliphatic heterocycles. The highest BCUT2D eigenvalue weighted by Crippen LogP contribution is 2.40. The van der Waals surface area contributed by atoms with Gasteiger partial charge in [0.15, 0.2) is 0 Å². The molecule has 0 radical (unpaired) electrons. The number of hydroxylamine groups is 1. The van der Waals surface area contributed by atoms with Gasteiger partial charge in [-0.25, -0.2) is 9.87 Å². The molecule has 156 valence electrons. The lowest BCUT2D eigenvalue weighted by Gasteiger charge is -2.22. The maximum absolute atomic E-state index is 14.4. The largest absolute Gasteiger partial charge is 0.394 e. The van der Waals surface area contributed by atoms with Gasteiger partial charge in [0, 0.05) is 10.1 Å². The van der Waals surface area contributed by atoms with Crippen molar-refractivity contribution >= 4 is 56.4 Å². The Morgan fingerprint density at radius 2 is 2.21 bits per heavy atom. The summed E-state index contributed by atoms with van der Waals surface area (Å²) in [6, 6.07) is 4.70. The summed E-state index contributed by atoms with van der Waals surface area (Å²) in [6.07, 6.45) is 0.483. The molecule has 2 heterocycles. The summed E-state index contributed by atoms with van der Waals surface area (Å²) in [7, 11) is 0. The molecule has 0 saturated heterocycles. The molecule has 0 bridgehead atoms. The molecule has 2 aromatic rings. The number of hydrogen-bond donors (Lipinski definition) is 4. The van der Waals surface area contributed by atoms with Crippen LogP contribution in [0.3, 0.4) is 0 Å². The second-order valence-electron chi connectivity index (χ2n) is 7.39. The van der Waals surface area contributed by atoms with Crippen molar-refractivity contribution in [1.29, 1.82) is 0 Å². The van der Waals surface area contributed by atoms with E-state index in [-0.39, 0.29) is 35.8 Å². The molecular formula is C19H21FIN3O4S. The van der Waals surface area contributed by atoms with E-state index in [1.165, 1.54) is 6.07 Å². The zero-order valence-corrected chi connectivity index (χ0v) is 18.9. The van der Waals surface area contributed by atoms with Crippen molar-refractivity contribution in [1.82, 2.24) is 10.8 Å². The van der Waals surface area contributed by atoms with Crippen LogP contribution in [0.2, 0.25) is 0 Å². The minimum Gasteiger partial charge on any atom is -0.394 e. The Hall–Kier alpha value is -1.76. The standard InChI is InChI=1S/C19H21FIN3O4S/c1-19(2)8-11-14(16(26)24-28-6-5-25)18(29-15(11)17(27)22-9-19)23-13-4-3-10(21)7-12(13)20/h3-4,7,23,25H,5-6,8-9H2,1-2H3,(H,22,27)(H,24,26). The van der Waals surface area contributed by atoms with Crippen LogP contribution in [-0.2, 0) is 11.3 Å². The summed E-state index contributed by atoms with van der Waals surface area (Å²) in [5.41, 5.74) is 3.05. The quantitative estimate of drug-likeness (QED) is 0.260. The summed E-state index contributed by atoms with van der Waals surface area (Å²) in [6.45, 7) is 4.14. The summed E-state index contributed by atoms with van der Waals surface area (Å²) in [4.78, 5) is 30.8. The first-order valence-electron chi connectivity index (χ1n) is 8.91. The average molecular weight is 533 g/mol. The van der Waals surface area contributed by atoms with Crippen molar-refractivity contribution in [2.45, 2.75) is 20.3 Å². The highest BCUT2D eigenvalue weighted by atomic mass is 127. The number of carbonyl (C=O) groups is 2. The van der Waals surface area contributed by atoms with E-state index < -0.39 is 11.7 Å². The Morgan fingerprint density at radius 3 is 2.90 bits per heavy atom. The Labute approximate surface area is 185 Å². The van der Waals surface area contributed by atoms with E-state index in [2.05, 4.69) is 16.1 Å². The van der Waals surface area contributed by atoms with Crippen molar-refractivity contribution < 1.29 is 23.9 Å². The fraction of sp³-hybridized carbons (Fsp3) is 0.368. The Balaban J connectivity index is 2.06. The topological polar surface area (TPSA) is 99.7 Å². The lowest BCUT2D eigenvalue weighted by atomic mass is 9.85. The molecular weight excluding hydrogens is 512 g/mol. The Morgan fingerprint density at radius 1 is 1.45 bits per heavy atom. The van der Waals surface area contributed by atoms with E-state index in [0.717, 1.165) is 14.9 Å². The van der Waals surface area contributed by atoms with Gasteiger partial charge in [-0.1, -0.05) is 13.8 Å². The number of nitrogens with one attached hydrogen (secondary N) is 3. The van der Waals surface area contributed by atoms with Crippen LogP contribution >= 0.6 is 33.9 Å².